The lowest BCUT2D eigenvalue weighted by Gasteiger charge is -2.34. The van der Waals surface area contributed by atoms with E-state index in [1.807, 2.05) is 0 Å². The molecule has 2 aromatic rings. The number of carbonyl (C=O) groups is 4. The molecule has 49 heavy (non-hydrogen) atoms. The van der Waals surface area contributed by atoms with Gasteiger partial charge in [-0.1, -0.05) is 26.8 Å². The molecule has 1 saturated heterocycles. The van der Waals surface area contributed by atoms with E-state index in [-0.39, 0.29) is 19.4 Å². The SMILES string of the molecule is C=C[C@@](CC)(NC(=O)[C@@H]1C[C@@H](Oc2ccnc3cc(OC)ccc23)CN1C(=O)[C@@H](NC(=O)OC(C)(C)C)C(C)C)C(=O)NS(=O)(=O)C1CC1. The van der Waals surface area contributed by atoms with Crippen LogP contribution in [0.5, 0.6) is 11.5 Å². The van der Waals surface area contributed by atoms with Crippen LogP contribution in [0.2, 0.25) is 0 Å². The predicted molar refractivity (Wildman–Crippen MR) is 182 cm³/mol. The highest BCUT2D eigenvalue weighted by Crippen LogP contribution is 2.32. The minimum atomic E-state index is -3.93. The van der Waals surface area contributed by atoms with Gasteiger partial charge in [0.25, 0.3) is 5.91 Å². The molecule has 15 heteroatoms. The molecule has 4 amide bonds. The standard InChI is InChI=1S/C34H47N5O9S/c1-9-34(10-2,31(42)38-49(44,45)23-12-13-23)37-29(40)26-18-22(47-27-15-16-35-25-17-21(46-8)11-14-24(25)27)19-39(26)30(41)28(20(3)4)36-32(43)48-33(5,6)7/h9,11,14-17,20,22-23,26,28H,1,10,12-13,18-19H2,2-8H3,(H,36,43)(H,37,40)(H,38,42)/t22-,26+,28+,34+/m1/s1. The normalized spacial score (nSPS) is 19.8. The van der Waals surface area contributed by atoms with Gasteiger partial charge in [0, 0.05) is 24.1 Å². The molecule has 1 aromatic heterocycles. The quantitative estimate of drug-likeness (QED) is 0.262. The van der Waals surface area contributed by atoms with Gasteiger partial charge in [0.2, 0.25) is 21.8 Å². The number of fused-ring (bicyclic) bond motifs is 1. The summed E-state index contributed by atoms with van der Waals surface area (Å²) in [6, 6.07) is 4.77. The number of hydrogen-bond donors (Lipinski definition) is 3. The Balaban J connectivity index is 1.65. The molecule has 1 saturated carbocycles. The molecule has 0 bridgehead atoms. The fourth-order valence-corrected chi connectivity index (χ4v) is 6.96. The van der Waals surface area contributed by atoms with Crippen LogP contribution in [0.1, 0.15) is 67.2 Å². The Kier molecular flexibility index (Phi) is 11.2. The van der Waals surface area contributed by atoms with E-state index in [1.54, 1.807) is 79.1 Å². The van der Waals surface area contributed by atoms with Crippen LogP contribution >= 0.6 is 0 Å². The number of carbonyl (C=O) groups excluding carboxylic acids is 4. The molecule has 4 atom stereocenters. The van der Waals surface area contributed by atoms with E-state index in [9.17, 15) is 27.6 Å². The number of hydrogen-bond acceptors (Lipinski definition) is 10. The number of pyridine rings is 1. The van der Waals surface area contributed by atoms with Crippen LogP contribution < -0.4 is 24.8 Å². The van der Waals surface area contributed by atoms with Crippen LogP contribution in [0.3, 0.4) is 0 Å². The zero-order chi connectivity index (χ0) is 36.3. The second-order valence-electron chi connectivity index (χ2n) is 13.7. The zero-order valence-corrected chi connectivity index (χ0v) is 29.9. The first-order chi connectivity index (χ1) is 22.9. The van der Waals surface area contributed by atoms with E-state index in [4.69, 9.17) is 14.2 Å². The Morgan fingerprint density at radius 1 is 1.14 bits per heavy atom. The summed E-state index contributed by atoms with van der Waals surface area (Å²) in [5.74, 6) is -1.54. The molecule has 4 rings (SSSR count). The maximum absolute atomic E-state index is 14.2. The van der Waals surface area contributed by atoms with Crippen LogP contribution in [-0.2, 0) is 29.1 Å². The molecular weight excluding hydrogens is 654 g/mol. The second kappa shape index (κ2) is 14.6. The number of rotatable bonds is 13. The number of methoxy groups -OCH3 is 1. The zero-order valence-electron chi connectivity index (χ0n) is 29.1. The molecule has 2 heterocycles. The molecule has 268 valence electrons. The highest BCUT2D eigenvalue weighted by molar-refractivity contribution is 7.91. The topological polar surface area (TPSA) is 182 Å². The first-order valence-electron chi connectivity index (χ1n) is 16.3. The van der Waals surface area contributed by atoms with Gasteiger partial charge in [0.15, 0.2) is 0 Å². The largest absolute Gasteiger partial charge is 0.497 e. The monoisotopic (exact) mass is 701 g/mol. The van der Waals surface area contributed by atoms with Gasteiger partial charge in [0.05, 0.1) is 24.4 Å². The van der Waals surface area contributed by atoms with E-state index in [0.29, 0.717) is 35.2 Å². The first-order valence-corrected chi connectivity index (χ1v) is 17.9. The summed E-state index contributed by atoms with van der Waals surface area (Å²) in [7, 11) is -2.38. The third-order valence-corrected chi connectivity index (χ3v) is 10.3. The van der Waals surface area contributed by atoms with Gasteiger partial charge in [-0.25, -0.2) is 13.2 Å². The van der Waals surface area contributed by atoms with Crippen LogP contribution in [-0.4, -0.2) is 90.3 Å². The van der Waals surface area contributed by atoms with Crippen LogP contribution in [0.15, 0.2) is 43.1 Å². The number of likely N-dealkylation sites (tertiary alicyclic amines) is 1. The van der Waals surface area contributed by atoms with Gasteiger partial charge in [-0.05, 0) is 64.2 Å². The molecule has 0 spiro atoms. The van der Waals surface area contributed by atoms with Gasteiger partial charge in [-0.2, -0.15) is 0 Å². The summed E-state index contributed by atoms with van der Waals surface area (Å²) >= 11 is 0. The molecule has 0 unspecified atom stereocenters. The average Bonchev–Trinajstić information content (AvgIpc) is 3.82. The van der Waals surface area contributed by atoms with Crippen molar-refractivity contribution >= 4 is 44.7 Å². The Morgan fingerprint density at radius 2 is 1.84 bits per heavy atom. The van der Waals surface area contributed by atoms with Crippen molar-refractivity contribution in [3.8, 4) is 11.5 Å². The third kappa shape index (κ3) is 8.80. The number of aromatic nitrogens is 1. The fourth-order valence-electron chi connectivity index (χ4n) is 5.59. The number of ether oxygens (including phenoxy) is 3. The van der Waals surface area contributed by atoms with E-state index in [0.717, 1.165) is 0 Å². The van der Waals surface area contributed by atoms with Crippen molar-refractivity contribution in [3.63, 3.8) is 0 Å². The fraction of sp³-hybridized carbons (Fsp3) is 0.559. The van der Waals surface area contributed by atoms with Crippen LogP contribution in [0.4, 0.5) is 4.79 Å². The number of sulfonamides is 1. The summed E-state index contributed by atoms with van der Waals surface area (Å²) < 4.78 is 44.4. The lowest BCUT2D eigenvalue weighted by Crippen LogP contribution is -2.62. The number of nitrogens with one attached hydrogen (secondary N) is 3. The van der Waals surface area contributed by atoms with Crippen molar-refractivity contribution in [1.82, 2.24) is 25.2 Å². The molecule has 1 aliphatic carbocycles. The molecule has 1 aliphatic heterocycles. The maximum Gasteiger partial charge on any atom is 0.408 e. The van der Waals surface area contributed by atoms with E-state index in [1.165, 1.54) is 11.0 Å². The number of nitrogens with zero attached hydrogens (tertiary/aromatic N) is 2. The smallest absolute Gasteiger partial charge is 0.408 e. The molecule has 14 nitrogen and oxygen atoms in total. The Hall–Kier alpha value is -4.40. The van der Waals surface area contributed by atoms with Crippen LogP contribution in [0.25, 0.3) is 10.9 Å². The maximum atomic E-state index is 14.2. The highest BCUT2D eigenvalue weighted by atomic mass is 32.2. The van der Waals surface area contributed by atoms with Crippen LogP contribution in [0, 0.1) is 5.92 Å². The molecule has 0 radical (unpaired) electrons. The van der Waals surface area contributed by atoms with Crippen molar-refractivity contribution in [3.05, 3.63) is 43.1 Å². The Morgan fingerprint density at radius 3 is 2.41 bits per heavy atom. The summed E-state index contributed by atoms with van der Waals surface area (Å²) in [5, 5.41) is 5.36. The lowest BCUT2D eigenvalue weighted by atomic mass is 9.94. The first kappa shape index (κ1) is 37.4. The lowest BCUT2D eigenvalue weighted by molar-refractivity contribution is -0.142. The predicted octanol–water partition coefficient (Wildman–Crippen LogP) is 3.20. The van der Waals surface area contributed by atoms with Crippen molar-refractivity contribution in [1.29, 1.82) is 0 Å². The molecule has 3 N–H and O–H groups in total. The summed E-state index contributed by atoms with van der Waals surface area (Å²) in [6.07, 6.45) is 2.17. The number of benzene rings is 1. The van der Waals surface area contributed by atoms with Crippen molar-refractivity contribution in [2.24, 2.45) is 5.92 Å². The molecule has 2 aliphatic rings. The average molecular weight is 702 g/mol. The second-order valence-corrected chi connectivity index (χ2v) is 15.7. The number of alkyl carbamates (subject to hydrolysis) is 1. The minimum Gasteiger partial charge on any atom is -0.497 e. The molecule has 1 aromatic carbocycles. The highest BCUT2D eigenvalue weighted by Gasteiger charge is 2.48. The van der Waals surface area contributed by atoms with Crippen molar-refractivity contribution in [2.45, 2.75) is 102 Å². The summed E-state index contributed by atoms with van der Waals surface area (Å²) in [6.45, 7) is 13.9. The van der Waals surface area contributed by atoms with E-state index >= 15 is 0 Å². The summed E-state index contributed by atoms with van der Waals surface area (Å²) in [4.78, 5) is 60.2. The van der Waals surface area contributed by atoms with Gasteiger partial charge >= 0.3 is 6.09 Å². The minimum absolute atomic E-state index is 0.0177. The summed E-state index contributed by atoms with van der Waals surface area (Å²) in [5.41, 5.74) is -1.99. The Bertz CT molecular complexity index is 1700. The van der Waals surface area contributed by atoms with Crippen molar-refractivity contribution in [2.75, 3.05) is 13.7 Å². The third-order valence-electron chi connectivity index (χ3n) is 8.51. The molecule has 2 fully saturated rings. The number of amides is 4. The van der Waals surface area contributed by atoms with Gasteiger partial charge in [-0.3, -0.25) is 24.1 Å². The van der Waals surface area contributed by atoms with Gasteiger partial charge < -0.3 is 29.7 Å². The Labute approximate surface area is 287 Å². The van der Waals surface area contributed by atoms with Gasteiger partial charge in [-0.15, -0.1) is 6.58 Å². The van der Waals surface area contributed by atoms with Gasteiger partial charge in [0.1, 0.15) is 40.8 Å². The van der Waals surface area contributed by atoms with E-state index in [2.05, 4.69) is 26.9 Å². The molecular formula is C34H47N5O9S. The van der Waals surface area contributed by atoms with Crippen molar-refractivity contribution < 1.29 is 41.8 Å². The van der Waals surface area contributed by atoms with E-state index < -0.39 is 74.3 Å².